The van der Waals surface area contributed by atoms with E-state index >= 15 is 0 Å². The van der Waals surface area contributed by atoms with Gasteiger partial charge in [-0.3, -0.25) is 0 Å². The number of halogens is 4. The summed E-state index contributed by atoms with van der Waals surface area (Å²) in [5, 5.41) is 6.82. The predicted molar refractivity (Wildman–Crippen MR) is 80.8 cm³/mol. The van der Waals surface area contributed by atoms with Crippen molar-refractivity contribution in [2.75, 3.05) is 5.32 Å². The SMILES string of the molecule is Clc1cc(Cl)c(NCc2cc(Br)cs2)c(Cl)c1. The van der Waals surface area contributed by atoms with Gasteiger partial charge in [-0.05, 0) is 34.1 Å². The van der Waals surface area contributed by atoms with E-state index in [4.69, 9.17) is 34.8 Å². The molecule has 0 radical (unpaired) electrons. The average molecular weight is 372 g/mol. The van der Waals surface area contributed by atoms with Crippen LogP contribution < -0.4 is 5.32 Å². The highest BCUT2D eigenvalue weighted by Gasteiger charge is 2.07. The molecule has 1 N–H and O–H groups in total. The van der Waals surface area contributed by atoms with Crippen LogP contribution in [0, 0.1) is 0 Å². The Morgan fingerprint density at radius 2 is 1.76 bits per heavy atom. The highest BCUT2D eigenvalue weighted by Crippen LogP contribution is 2.34. The summed E-state index contributed by atoms with van der Waals surface area (Å²) in [5.74, 6) is 0. The summed E-state index contributed by atoms with van der Waals surface area (Å²) in [4.78, 5) is 1.19. The Bertz CT molecular complexity index is 518. The van der Waals surface area contributed by atoms with Gasteiger partial charge in [0.2, 0.25) is 0 Å². The van der Waals surface area contributed by atoms with Crippen molar-refractivity contribution in [3.05, 3.63) is 48.0 Å². The van der Waals surface area contributed by atoms with Gasteiger partial charge in [-0.15, -0.1) is 11.3 Å². The van der Waals surface area contributed by atoms with E-state index in [1.807, 2.05) is 5.38 Å². The molecule has 1 aromatic carbocycles. The van der Waals surface area contributed by atoms with Gasteiger partial charge in [-0.1, -0.05) is 34.8 Å². The van der Waals surface area contributed by atoms with E-state index in [2.05, 4.69) is 27.3 Å². The quantitative estimate of drug-likeness (QED) is 0.689. The monoisotopic (exact) mass is 369 g/mol. The third-order valence-electron chi connectivity index (χ3n) is 2.07. The fourth-order valence-electron chi connectivity index (χ4n) is 1.33. The van der Waals surface area contributed by atoms with Crippen molar-refractivity contribution in [1.29, 1.82) is 0 Å². The molecule has 0 fully saturated rings. The van der Waals surface area contributed by atoms with Crippen molar-refractivity contribution >= 4 is 67.8 Å². The Hall–Kier alpha value is 0.0700. The molecule has 0 amide bonds. The summed E-state index contributed by atoms with van der Waals surface area (Å²) in [6, 6.07) is 5.39. The lowest BCUT2D eigenvalue weighted by molar-refractivity contribution is 1.19. The van der Waals surface area contributed by atoms with Crippen LogP contribution in [0.2, 0.25) is 15.1 Å². The molecule has 1 nitrogen and oxygen atoms in total. The van der Waals surface area contributed by atoms with Crippen LogP contribution in [0.1, 0.15) is 4.88 Å². The molecule has 0 aliphatic heterocycles. The van der Waals surface area contributed by atoms with Gasteiger partial charge >= 0.3 is 0 Å². The zero-order valence-corrected chi connectivity index (χ0v) is 13.1. The summed E-state index contributed by atoms with van der Waals surface area (Å²) in [6.45, 7) is 0.678. The molecule has 0 atom stereocenters. The van der Waals surface area contributed by atoms with Crippen LogP contribution in [0.15, 0.2) is 28.1 Å². The number of hydrogen-bond acceptors (Lipinski definition) is 2. The second-order valence-corrected chi connectivity index (χ2v) is 6.49. The van der Waals surface area contributed by atoms with Crippen molar-refractivity contribution in [2.45, 2.75) is 6.54 Å². The molecule has 17 heavy (non-hydrogen) atoms. The Kier molecular flexibility index (Phi) is 4.61. The number of benzene rings is 1. The molecular formula is C11H7BrCl3NS. The van der Waals surface area contributed by atoms with Gasteiger partial charge in [0.15, 0.2) is 0 Å². The first-order chi connectivity index (χ1) is 8.06. The van der Waals surface area contributed by atoms with Crippen LogP contribution in [0.3, 0.4) is 0 Å². The van der Waals surface area contributed by atoms with Crippen LogP contribution in [0.4, 0.5) is 5.69 Å². The summed E-state index contributed by atoms with van der Waals surface area (Å²) in [6.07, 6.45) is 0. The van der Waals surface area contributed by atoms with Crippen molar-refractivity contribution in [2.24, 2.45) is 0 Å². The molecule has 6 heteroatoms. The topological polar surface area (TPSA) is 12.0 Å². The maximum absolute atomic E-state index is 6.07. The minimum atomic E-state index is 0.526. The van der Waals surface area contributed by atoms with Crippen LogP contribution in [0.25, 0.3) is 0 Å². The molecule has 0 aliphatic rings. The highest BCUT2D eigenvalue weighted by molar-refractivity contribution is 9.10. The van der Waals surface area contributed by atoms with E-state index < -0.39 is 0 Å². The highest BCUT2D eigenvalue weighted by atomic mass is 79.9. The van der Waals surface area contributed by atoms with E-state index in [1.165, 1.54) is 4.88 Å². The Labute approximate surface area is 127 Å². The molecule has 2 rings (SSSR count). The molecule has 0 spiro atoms. The smallest absolute Gasteiger partial charge is 0.0722 e. The molecule has 1 heterocycles. The van der Waals surface area contributed by atoms with Crippen molar-refractivity contribution in [1.82, 2.24) is 0 Å². The third kappa shape index (κ3) is 3.52. The van der Waals surface area contributed by atoms with Crippen molar-refractivity contribution in [3.8, 4) is 0 Å². The third-order valence-corrected chi connectivity index (χ3v) is 4.58. The van der Waals surface area contributed by atoms with Crippen molar-refractivity contribution in [3.63, 3.8) is 0 Å². The molecular weight excluding hydrogens is 364 g/mol. The van der Waals surface area contributed by atoms with E-state index in [0.29, 0.717) is 27.3 Å². The molecule has 0 unspecified atom stereocenters. The molecule has 2 aromatic rings. The Morgan fingerprint density at radius 3 is 2.29 bits per heavy atom. The van der Waals surface area contributed by atoms with Gasteiger partial charge in [0, 0.05) is 26.3 Å². The fourth-order valence-corrected chi connectivity index (χ4v) is 3.67. The first kappa shape index (κ1) is 13.5. The number of hydrogen-bond donors (Lipinski definition) is 1. The van der Waals surface area contributed by atoms with Crippen LogP contribution >= 0.6 is 62.1 Å². The van der Waals surface area contributed by atoms with Gasteiger partial charge < -0.3 is 5.32 Å². The predicted octanol–water partition coefficient (Wildman–Crippen LogP) is 6.08. The van der Waals surface area contributed by atoms with Crippen LogP contribution in [-0.2, 0) is 6.54 Å². The molecule has 0 saturated carbocycles. The van der Waals surface area contributed by atoms with E-state index in [9.17, 15) is 0 Å². The lowest BCUT2D eigenvalue weighted by atomic mass is 10.3. The van der Waals surface area contributed by atoms with Crippen LogP contribution in [0.5, 0.6) is 0 Å². The maximum Gasteiger partial charge on any atom is 0.0722 e. The van der Waals surface area contributed by atoms with E-state index in [0.717, 1.165) is 4.47 Å². The normalized spacial score (nSPS) is 10.6. The summed E-state index contributed by atoms with van der Waals surface area (Å²) in [5.41, 5.74) is 0.710. The summed E-state index contributed by atoms with van der Waals surface area (Å²) >= 11 is 23.1. The molecule has 0 aliphatic carbocycles. The second-order valence-electron chi connectivity index (χ2n) is 3.33. The lowest BCUT2D eigenvalue weighted by Crippen LogP contribution is -1.98. The van der Waals surface area contributed by atoms with Gasteiger partial charge in [-0.2, -0.15) is 0 Å². The maximum atomic E-state index is 6.07. The van der Waals surface area contributed by atoms with Crippen molar-refractivity contribution < 1.29 is 0 Å². The number of rotatable bonds is 3. The molecule has 90 valence electrons. The first-order valence-electron chi connectivity index (χ1n) is 4.67. The summed E-state index contributed by atoms with van der Waals surface area (Å²) in [7, 11) is 0. The zero-order chi connectivity index (χ0) is 12.4. The van der Waals surface area contributed by atoms with Gasteiger partial charge in [-0.25, -0.2) is 0 Å². The second kappa shape index (κ2) is 5.81. The first-order valence-corrected chi connectivity index (χ1v) is 7.48. The van der Waals surface area contributed by atoms with Crippen LogP contribution in [-0.4, -0.2) is 0 Å². The van der Waals surface area contributed by atoms with Gasteiger partial charge in [0.1, 0.15) is 0 Å². The average Bonchev–Trinajstić information content (AvgIpc) is 2.62. The summed E-state index contributed by atoms with van der Waals surface area (Å²) < 4.78 is 1.08. The van der Waals surface area contributed by atoms with Gasteiger partial charge in [0.05, 0.1) is 15.7 Å². The minimum absolute atomic E-state index is 0.526. The molecule has 0 bridgehead atoms. The Balaban J connectivity index is 2.14. The minimum Gasteiger partial charge on any atom is -0.378 e. The molecule has 0 saturated heterocycles. The van der Waals surface area contributed by atoms with E-state index in [1.54, 1.807) is 23.5 Å². The number of thiophene rings is 1. The molecule has 1 aromatic heterocycles. The Morgan fingerprint density at radius 1 is 1.12 bits per heavy atom. The number of anilines is 1. The largest absolute Gasteiger partial charge is 0.378 e. The standard InChI is InChI=1S/C11H7BrCl3NS/c12-6-1-8(17-5-6)4-16-11-9(14)2-7(13)3-10(11)15/h1-3,5,16H,4H2. The van der Waals surface area contributed by atoms with E-state index in [-0.39, 0.29) is 0 Å². The van der Waals surface area contributed by atoms with Gasteiger partial charge in [0.25, 0.3) is 0 Å². The lowest BCUT2D eigenvalue weighted by Gasteiger charge is -2.09. The zero-order valence-electron chi connectivity index (χ0n) is 8.44. The number of nitrogens with one attached hydrogen (secondary N) is 1. The fraction of sp³-hybridized carbons (Fsp3) is 0.0909.